The highest BCUT2D eigenvalue weighted by molar-refractivity contribution is 5.93. The van der Waals surface area contributed by atoms with Crippen LogP contribution in [0.25, 0.3) is 10.8 Å². The summed E-state index contributed by atoms with van der Waals surface area (Å²) in [5.74, 6) is -2.54. The number of halogens is 2. The number of carbonyl (C=O) groups is 2. The molecule has 2 atom stereocenters. The molecule has 1 aliphatic heterocycles. The van der Waals surface area contributed by atoms with Crippen molar-refractivity contribution in [3.63, 3.8) is 0 Å². The van der Waals surface area contributed by atoms with Crippen molar-refractivity contribution in [1.82, 2.24) is 10.2 Å². The van der Waals surface area contributed by atoms with Crippen LogP contribution in [0.2, 0.25) is 0 Å². The number of fused-ring (bicyclic) bond motifs is 1. The summed E-state index contributed by atoms with van der Waals surface area (Å²) in [6.45, 7) is 3.27. The van der Waals surface area contributed by atoms with Gasteiger partial charge < -0.3 is 21.7 Å². The van der Waals surface area contributed by atoms with E-state index in [1.165, 1.54) is 25.3 Å². The highest BCUT2D eigenvalue weighted by Gasteiger charge is 2.24. The number of anilines is 1. The van der Waals surface area contributed by atoms with E-state index in [0.29, 0.717) is 24.1 Å². The van der Waals surface area contributed by atoms with Gasteiger partial charge in [0.15, 0.2) is 17.4 Å². The number of benzene rings is 3. The molecule has 1 amide bonds. The lowest BCUT2D eigenvalue weighted by Crippen LogP contribution is -2.49. The molecule has 1 aliphatic rings. The van der Waals surface area contributed by atoms with Gasteiger partial charge in [-0.1, -0.05) is 49.2 Å². The Kier molecular flexibility index (Phi) is 10.6. The largest absolute Gasteiger partial charge is 0.398 e. The van der Waals surface area contributed by atoms with E-state index in [0.717, 1.165) is 60.9 Å². The highest BCUT2D eigenvalue weighted by atomic mass is 19.2. The Balaban J connectivity index is 1.36. The van der Waals surface area contributed by atoms with Gasteiger partial charge in [0.25, 0.3) is 0 Å². The molecule has 1 heterocycles. The van der Waals surface area contributed by atoms with Crippen molar-refractivity contribution in [2.45, 2.75) is 69.9 Å². The molecule has 0 spiro atoms. The van der Waals surface area contributed by atoms with Gasteiger partial charge in [-0.15, -0.1) is 0 Å². The van der Waals surface area contributed by atoms with Gasteiger partial charge in [0, 0.05) is 17.5 Å². The van der Waals surface area contributed by atoms with E-state index in [1.807, 2.05) is 36.4 Å². The van der Waals surface area contributed by atoms with Crippen molar-refractivity contribution >= 4 is 28.2 Å². The topological polar surface area (TPSA) is 101 Å². The predicted molar refractivity (Wildman–Crippen MR) is 156 cm³/mol. The van der Waals surface area contributed by atoms with Crippen molar-refractivity contribution in [1.29, 1.82) is 0 Å². The normalized spacial score (nSPS) is 15.6. The van der Waals surface area contributed by atoms with Gasteiger partial charge in [-0.3, -0.25) is 9.59 Å². The summed E-state index contributed by atoms with van der Waals surface area (Å²) in [5.41, 5.74) is 14.3. The van der Waals surface area contributed by atoms with Crippen LogP contribution in [0.15, 0.2) is 54.6 Å². The Morgan fingerprint density at radius 2 is 1.70 bits per heavy atom. The molecule has 4 rings (SSSR count). The number of likely N-dealkylation sites (tertiary alicyclic amines) is 1. The molecular weight excluding hydrogens is 510 g/mol. The van der Waals surface area contributed by atoms with Gasteiger partial charge in [0.05, 0.1) is 12.1 Å². The summed E-state index contributed by atoms with van der Waals surface area (Å²) >= 11 is 0. The summed E-state index contributed by atoms with van der Waals surface area (Å²) < 4.78 is 27.4. The highest BCUT2D eigenvalue weighted by Crippen LogP contribution is 2.23. The molecule has 3 aromatic rings. The van der Waals surface area contributed by atoms with E-state index >= 15 is 0 Å². The fourth-order valence-corrected chi connectivity index (χ4v) is 5.40. The zero-order chi connectivity index (χ0) is 28.5. The number of amides is 1. The minimum atomic E-state index is -0.990. The number of unbranched alkanes of at least 4 members (excludes halogenated alkanes) is 1. The van der Waals surface area contributed by atoms with Crippen molar-refractivity contribution in [2.75, 3.05) is 25.4 Å². The van der Waals surface area contributed by atoms with E-state index in [9.17, 15) is 18.4 Å². The van der Waals surface area contributed by atoms with Crippen LogP contribution in [0.1, 0.15) is 56.1 Å². The second-order valence-electron chi connectivity index (χ2n) is 10.9. The molecule has 5 N–H and O–H groups in total. The van der Waals surface area contributed by atoms with Crippen molar-refractivity contribution < 1.29 is 18.4 Å². The molecule has 0 saturated carbocycles. The number of piperidine rings is 1. The van der Waals surface area contributed by atoms with Gasteiger partial charge in [-0.25, -0.2) is 8.78 Å². The van der Waals surface area contributed by atoms with Crippen LogP contribution in [-0.2, 0) is 22.4 Å². The first kappa shape index (κ1) is 29.6. The Morgan fingerprint density at radius 3 is 2.48 bits per heavy atom. The Hall–Kier alpha value is -3.36. The molecule has 0 bridgehead atoms. The molecule has 6 nitrogen and oxygen atoms in total. The second kappa shape index (κ2) is 14.3. The van der Waals surface area contributed by atoms with Crippen LogP contribution in [0, 0.1) is 11.6 Å². The summed E-state index contributed by atoms with van der Waals surface area (Å²) in [7, 11) is 0. The minimum Gasteiger partial charge on any atom is -0.398 e. The molecule has 0 unspecified atom stereocenters. The van der Waals surface area contributed by atoms with Crippen molar-refractivity contribution in [3.8, 4) is 0 Å². The molecule has 214 valence electrons. The first-order valence-electron chi connectivity index (χ1n) is 14.3. The molecule has 0 radical (unpaired) electrons. The summed E-state index contributed by atoms with van der Waals surface area (Å²) in [6, 6.07) is 13.5. The number of nitrogens with one attached hydrogen (secondary N) is 1. The maximum atomic E-state index is 13.9. The molecule has 8 heteroatoms. The lowest BCUT2D eigenvalue weighted by Gasteiger charge is -2.26. The molecule has 40 heavy (non-hydrogen) atoms. The van der Waals surface area contributed by atoms with E-state index in [4.69, 9.17) is 11.5 Å². The number of nitrogen functional groups attached to an aromatic ring is 1. The zero-order valence-corrected chi connectivity index (χ0v) is 23.0. The van der Waals surface area contributed by atoms with Gasteiger partial charge in [0.2, 0.25) is 5.91 Å². The Bertz CT molecular complexity index is 1310. The average Bonchev–Trinajstić information content (AvgIpc) is 2.96. The van der Waals surface area contributed by atoms with E-state index in [1.54, 1.807) is 0 Å². The number of rotatable bonds is 13. The van der Waals surface area contributed by atoms with E-state index in [-0.39, 0.29) is 18.6 Å². The van der Waals surface area contributed by atoms with Crippen LogP contribution in [0.5, 0.6) is 0 Å². The first-order chi connectivity index (χ1) is 19.3. The average molecular weight is 551 g/mol. The molecular formula is C32H40F2N4O2. The molecule has 1 saturated heterocycles. The molecule has 1 fully saturated rings. The molecule has 3 aromatic carbocycles. The third-order valence-electron chi connectivity index (χ3n) is 7.79. The SMILES string of the molecule is Nc1cccc2cc(CCC(=O)[C@H](Cc3ccc(F)c(F)c3)NC(=O)[C@H](N)CCCCN3CCCCC3)ccc12. The second-order valence-corrected chi connectivity index (χ2v) is 10.9. The zero-order valence-electron chi connectivity index (χ0n) is 23.0. The van der Waals surface area contributed by atoms with E-state index in [2.05, 4.69) is 10.2 Å². The van der Waals surface area contributed by atoms with Crippen LogP contribution < -0.4 is 16.8 Å². The van der Waals surface area contributed by atoms with Crippen LogP contribution in [-0.4, -0.2) is 48.3 Å². The third-order valence-corrected chi connectivity index (χ3v) is 7.79. The summed E-state index contributed by atoms with van der Waals surface area (Å²) in [4.78, 5) is 28.8. The van der Waals surface area contributed by atoms with Gasteiger partial charge in [0.1, 0.15) is 0 Å². The maximum absolute atomic E-state index is 13.9. The van der Waals surface area contributed by atoms with Crippen LogP contribution in [0.3, 0.4) is 0 Å². The number of hydrogen-bond acceptors (Lipinski definition) is 5. The Morgan fingerprint density at radius 1 is 0.925 bits per heavy atom. The number of Topliss-reactive ketones (excluding diaryl/α,β-unsaturated/α-hetero) is 1. The number of nitrogens with zero attached hydrogens (tertiary/aromatic N) is 1. The van der Waals surface area contributed by atoms with Crippen molar-refractivity contribution in [2.24, 2.45) is 5.73 Å². The molecule has 0 aliphatic carbocycles. The third kappa shape index (κ3) is 8.32. The standard InChI is InChI=1S/C32H40F2N4O2/c33-26-14-11-23(20-27(26)34)21-30(37-32(40)29(36)8-2-5-18-38-16-3-1-4-17-38)31(39)15-12-22-10-13-25-24(19-22)7-6-9-28(25)35/h6-7,9-11,13-14,19-20,29-30H,1-5,8,12,15-18,21,35-36H2,(H,37,40)/t29-,30+/m1/s1. The lowest BCUT2D eigenvalue weighted by molar-refractivity contribution is -0.128. The number of nitrogens with two attached hydrogens (primary N) is 2. The fourth-order valence-electron chi connectivity index (χ4n) is 5.40. The summed E-state index contributed by atoms with van der Waals surface area (Å²) in [6.07, 6.45) is 6.78. The van der Waals surface area contributed by atoms with Gasteiger partial charge >= 0.3 is 0 Å². The smallest absolute Gasteiger partial charge is 0.237 e. The molecule has 0 aromatic heterocycles. The number of carbonyl (C=O) groups excluding carboxylic acids is 2. The Labute approximate surface area is 235 Å². The monoisotopic (exact) mass is 550 g/mol. The number of hydrogen-bond donors (Lipinski definition) is 3. The first-order valence-corrected chi connectivity index (χ1v) is 14.3. The minimum absolute atomic E-state index is 0.0533. The van der Waals surface area contributed by atoms with Gasteiger partial charge in [-0.05, 0) is 92.9 Å². The van der Waals surface area contributed by atoms with Crippen LogP contribution in [0.4, 0.5) is 14.5 Å². The number of aryl methyl sites for hydroxylation is 1. The predicted octanol–water partition coefficient (Wildman–Crippen LogP) is 4.91. The van der Waals surface area contributed by atoms with Crippen molar-refractivity contribution in [3.05, 3.63) is 77.4 Å². The van der Waals surface area contributed by atoms with Crippen LogP contribution >= 0.6 is 0 Å². The van der Waals surface area contributed by atoms with Gasteiger partial charge in [-0.2, -0.15) is 0 Å². The summed E-state index contributed by atoms with van der Waals surface area (Å²) in [5, 5.41) is 4.74. The lowest BCUT2D eigenvalue weighted by atomic mass is 9.96. The maximum Gasteiger partial charge on any atom is 0.237 e. The quantitative estimate of drug-likeness (QED) is 0.207. The number of ketones is 1. The fraction of sp³-hybridized carbons (Fsp3) is 0.438. The van der Waals surface area contributed by atoms with E-state index < -0.39 is 29.6 Å².